The van der Waals surface area contributed by atoms with Crippen LogP contribution in [0.3, 0.4) is 0 Å². The number of nitrogens with one attached hydrogen (secondary N) is 3. The number of rotatable bonds is 7. The van der Waals surface area contributed by atoms with E-state index in [1.165, 1.54) is 11.3 Å². The first-order valence-corrected chi connectivity index (χ1v) is 11.1. The molecule has 0 atom stereocenters. The van der Waals surface area contributed by atoms with E-state index in [4.69, 9.17) is 17.0 Å². The van der Waals surface area contributed by atoms with E-state index in [0.29, 0.717) is 41.1 Å². The number of nitrogens with zero attached hydrogens (tertiary/aromatic N) is 1. The smallest absolute Gasteiger partial charge is 0.257 e. The molecule has 0 bridgehead atoms. The van der Waals surface area contributed by atoms with Crippen LogP contribution in [-0.2, 0) is 4.79 Å². The fraction of sp³-hybridized carbons (Fsp3) is 0.273. The number of thiazole rings is 1. The summed E-state index contributed by atoms with van der Waals surface area (Å²) < 4.78 is 6.56. The summed E-state index contributed by atoms with van der Waals surface area (Å²) >= 11 is 6.66. The highest BCUT2D eigenvalue weighted by Crippen LogP contribution is 2.28. The highest BCUT2D eigenvalue weighted by molar-refractivity contribution is 7.80. The molecule has 1 heterocycles. The Hall–Kier alpha value is -3.04. The lowest BCUT2D eigenvalue weighted by molar-refractivity contribution is -0.115. The van der Waals surface area contributed by atoms with Crippen LogP contribution in [0, 0.1) is 5.92 Å². The minimum atomic E-state index is -0.323. The Morgan fingerprint density at radius 2 is 1.97 bits per heavy atom. The second-order valence-electron chi connectivity index (χ2n) is 7.24. The number of benzene rings is 2. The first kappa shape index (κ1) is 22.6. The van der Waals surface area contributed by atoms with E-state index in [1.807, 2.05) is 24.3 Å². The van der Waals surface area contributed by atoms with E-state index >= 15 is 0 Å². The van der Waals surface area contributed by atoms with Crippen LogP contribution in [0.4, 0.5) is 10.8 Å². The number of hydrogen-bond donors (Lipinski definition) is 3. The third kappa shape index (κ3) is 6.47. The standard InChI is InChI=1S/C22H24N4O3S2/c1-4-19(27)25-22-24-17-9-8-15(11-18(17)31-22)23-21(30)26-20(28)14-6-5-7-16(10-14)29-12-13(2)3/h5-11,13H,4,12H2,1-3H3,(H,24,25,27)(H2,23,26,28,30). The summed E-state index contributed by atoms with van der Waals surface area (Å²) in [5.74, 6) is 0.627. The second-order valence-corrected chi connectivity index (χ2v) is 8.68. The number of anilines is 2. The third-order valence-corrected chi connectivity index (χ3v) is 5.26. The minimum absolute atomic E-state index is 0.0834. The monoisotopic (exact) mass is 456 g/mol. The van der Waals surface area contributed by atoms with Gasteiger partial charge in [-0.15, -0.1) is 0 Å². The van der Waals surface area contributed by atoms with Gasteiger partial charge in [0.2, 0.25) is 5.91 Å². The molecule has 31 heavy (non-hydrogen) atoms. The van der Waals surface area contributed by atoms with Crippen molar-refractivity contribution in [3.63, 3.8) is 0 Å². The highest BCUT2D eigenvalue weighted by Gasteiger charge is 2.11. The number of carbonyl (C=O) groups is 2. The average Bonchev–Trinajstić information content (AvgIpc) is 3.13. The van der Waals surface area contributed by atoms with Gasteiger partial charge >= 0.3 is 0 Å². The first-order valence-electron chi connectivity index (χ1n) is 9.89. The number of hydrogen-bond acceptors (Lipinski definition) is 6. The Morgan fingerprint density at radius 1 is 1.16 bits per heavy atom. The maximum absolute atomic E-state index is 12.5. The van der Waals surface area contributed by atoms with Gasteiger partial charge in [-0.2, -0.15) is 0 Å². The first-order chi connectivity index (χ1) is 14.8. The molecular weight excluding hydrogens is 432 g/mol. The Kier molecular flexibility index (Phi) is 7.54. The SMILES string of the molecule is CCC(=O)Nc1nc2ccc(NC(=S)NC(=O)c3cccc(OCC(C)C)c3)cc2s1. The van der Waals surface area contributed by atoms with Crippen molar-refractivity contribution >= 4 is 61.5 Å². The molecule has 0 fully saturated rings. The lowest BCUT2D eigenvalue weighted by atomic mass is 10.2. The summed E-state index contributed by atoms with van der Waals surface area (Å²) in [5, 5.41) is 9.18. The summed E-state index contributed by atoms with van der Waals surface area (Å²) in [4.78, 5) is 28.5. The largest absolute Gasteiger partial charge is 0.493 e. The summed E-state index contributed by atoms with van der Waals surface area (Å²) in [7, 11) is 0. The summed E-state index contributed by atoms with van der Waals surface area (Å²) in [6, 6.07) is 12.5. The van der Waals surface area contributed by atoms with E-state index in [2.05, 4.69) is 34.8 Å². The zero-order chi connectivity index (χ0) is 22.4. The fourth-order valence-corrected chi connectivity index (χ4v) is 3.72. The second kappa shape index (κ2) is 10.3. The van der Waals surface area contributed by atoms with Crippen molar-refractivity contribution in [3.8, 4) is 5.75 Å². The van der Waals surface area contributed by atoms with Gasteiger partial charge in [0.1, 0.15) is 5.75 Å². The molecule has 0 spiro atoms. The van der Waals surface area contributed by atoms with E-state index < -0.39 is 0 Å². The zero-order valence-electron chi connectivity index (χ0n) is 17.5. The van der Waals surface area contributed by atoms with Crippen molar-refractivity contribution in [2.45, 2.75) is 27.2 Å². The van der Waals surface area contributed by atoms with Gasteiger partial charge in [0, 0.05) is 17.7 Å². The van der Waals surface area contributed by atoms with Crippen LogP contribution in [0.25, 0.3) is 10.2 Å². The van der Waals surface area contributed by atoms with E-state index in [0.717, 1.165) is 10.2 Å². The molecule has 1 aromatic heterocycles. The van der Waals surface area contributed by atoms with Crippen LogP contribution in [-0.4, -0.2) is 28.5 Å². The van der Waals surface area contributed by atoms with Gasteiger partial charge in [-0.1, -0.05) is 38.2 Å². The van der Waals surface area contributed by atoms with Crippen molar-refractivity contribution in [2.75, 3.05) is 17.2 Å². The zero-order valence-corrected chi connectivity index (χ0v) is 19.2. The molecule has 0 aliphatic rings. The number of fused-ring (bicyclic) bond motifs is 1. The number of aromatic nitrogens is 1. The normalized spacial score (nSPS) is 10.7. The van der Waals surface area contributed by atoms with E-state index in [-0.39, 0.29) is 16.9 Å². The maximum atomic E-state index is 12.5. The molecule has 2 amide bonds. The summed E-state index contributed by atoms with van der Waals surface area (Å²) in [6.45, 7) is 6.49. The summed E-state index contributed by atoms with van der Waals surface area (Å²) in [6.07, 6.45) is 0.392. The van der Waals surface area contributed by atoms with Crippen molar-refractivity contribution < 1.29 is 14.3 Å². The number of carbonyl (C=O) groups excluding carboxylic acids is 2. The van der Waals surface area contributed by atoms with Crippen LogP contribution in [0.2, 0.25) is 0 Å². The fourth-order valence-electron chi connectivity index (χ4n) is 2.59. The van der Waals surface area contributed by atoms with Crippen molar-refractivity contribution in [3.05, 3.63) is 48.0 Å². The highest BCUT2D eigenvalue weighted by atomic mass is 32.1. The number of ether oxygens (including phenoxy) is 1. The molecule has 0 radical (unpaired) electrons. The van der Waals surface area contributed by atoms with Crippen LogP contribution in [0.1, 0.15) is 37.6 Å². The van der Waals surface area contributed by atoms with E-state index in [9.17, 15) is 9.59 Å². The summed E-state index contributed by atoms with van der Waals surface area (Å²) in [5.41, 5.74) is 1.94. The Balaban J connectivity index is 1.62. The van der Waals surface area contributed by atoms with E-state index in [1.54, 1.807) is 25.1 Å². The van der Waals surface area contributed by atoms with Crippen LogP contribution >= 0.6 is 23.6 Å². The van der Waals surface area contributed by atoms with Gasteiger partial charge in [0.05, 0.1) is 16.8 Å². The van der Waals surface area contributed by atoms with Crippen LogP contribution in [0.5, 0.6) is 5.75 Å². The maximum Gasteiger partial charge on any atom is 0.257 e. The van der Waals surface area contributed by atoms with Gasteiger partial charge in [0.25, 0.3) is 5.91 Å². The quantitative estimate of drug-likeness (QED) is 0.442. The van der Waals surface area contributed by atoms with Crippen molar-refractivity contribution in [2.24, 2.45) is 5.92 Å². The molecule has 3 rings (SSSR count). The molecule has 2 aromatic carbocycles. The van der Waals surface area contributed by atoms with Gasteiger partial charge < -0.3 is 15.4 Å². The predicted octanol–water partition coefficient (Wildman–Crippen LogP) is 4.81. The number of thiocarbonyl (C=S) groups is 1. The molecular formula is C22H24N4O3S2. The number of amides is 2. The lowest BCUT2D eigenvalue weighted by Crippen LogP contribution is -2.34. The Bertz CT molecular complexity index is 1110. The topological polar surface area (TPSA) is 92.4 Å². The Morgan fingerprint density at radius 3 is 2.71 bits per heavy atom. The molecule has 9 heteroatoms. The molecule has 0 unspecified atom stereocenters. The molecule has 0 aliphatic carbocycles. The van der Waals surface area contributed by atoms with Gasteiger partial charge in [-0.3, -0.25) is 14.9 Å². The average molecular weight is 457 g/mol. The molecule has 0 saturated heterocycles. The minimum Gasteiger partial charge on any atom is -0.493 e. The molecule has 0 saturated carbocycles. The third-order valence-electron chi connectivity index (χ3n) is 4.12. The van der Waals surface area contributed by atoms with Crippen molar-refractivity contribution in [1.82, 2.24) is 10.3 Å². The van der Waals surface area contributed by atoms with Crippen LogP contribution < -0.4 is 20.7 Å². The molecule has 3 N–H and O–H groups in total. The molecule has 7 nitrogen and oxygen atoms in total. The molecule has 3 aromatic rings. The Labute approximate surface area is 190 Å². The predicted molar refractivity (Wildman–Crippen MR) is 129 cm³/mol. The van der Waals surface area contributed by atoms with Gasteiger partial charge in [0.15, 0.2) is 10.2 Å². The lowest BCUT2D eigenvalue weighted by Gasteiger charge is -2.11. The molecule has 0 aliphatic heterocycles. The van der Waals surface area contributed by atoms with Crippen molar-refractivity contribution in [1.29, 1.82) is 0 Å². The van der Waals surface area contributed by atoms with Gasteiger partial charge in [-0.05, 0) is 54.5 Å². The molecule has 162 valence electrons. The van der Waals surface area contributed by atoms with Gasteiger partial charge in [-0.25, -0.2) is 4.98 Å². The van der Waals surface area contributed by atoms with Crippen LogP contribution in [0.15, 0.2) is 42.5 Å².